The second-order valence-electron chi connectivity index (χ2n) is 9.00. The summed E-state index contributed by atoms with van der Waals surface area (Å²) in [7, 11) is 2.66. The number of phosphoric acid groups is 1. The zero-order chi connectivity index (χ0) is 21.8. The topological polar surface area (TPSA) is 56.8 Å². The van der Waals surface area contributed by atoms with Gasteiger partial charge in [-0.1, -0.05) is 84.5 Å². The molecule has 0 aromatic rings. The van der Waals surface area contributed by atoms with Crippen LogP contribution in [0, 0.1) is 0 Å². The zero-order valence-corrected chi connectivity index (χ0v) is 20.9. The first kappa shape index (κ1) is 29.0. The highest BCUT2D eigenvalue weighted by Crippen LogP contribution is 2.48. The molecular weight excluding hydrogens is 387 g/mol. The highest BCUT2D eigenvalue weighted by atomic mass is 31.2. The average Bonchev–Trinajstić information content (AvgIpc) is 2.66. The number of hydrogen-bond donors (Lipinski definition) is 1. The van der Waals surface area contributed by atoms with Crippen LogP contribution in [0.3, 0.4) is 0 Å². The Hall–Kier alpha value is 0.0300. The number of hydrogen-bond acceptors (Lipinski definition) is 5. The summed E-state index contributed by atoms with van der Waals surface area (Å²) < 4.78 is 29.5. The molecule has 0 aliphatic carbocycles. The van der Waals surface area contributed by atoms with Gasteiger partial charge in [-0.05, 0) is 12.8 Å². The van der Waals surface area contributed by atoms with E-state index in [2.05, 4.69) is 33.5 Å². The molecule has 0 spiro atoms. The van der Waals surface area contributed by atoms with E-state index in [1.54, 1.807) is 0 Å². The summed E-state index contributed by atoms with van der Waals surface area (Å²) in [6.45, 7) is 6.34. The number of rotatable bonds is 22. The maximum absolute atomic E-state index is 12.6. The zero-order valence-electron chi connectivity index (χ0n) is 20.0. The fraction of sp³-hybridized carbons (Fsp3) is 1.00. The van der Waals surface area contributed by atoms with Crippen LogP contribution in [0.1, 0.15) is 97.3 Å². The fourth-order valence-corrected chi connectivity index (χ4v) is 4.02. The molecule has 7 heteroatoms. The van der Waals surface area contributed by atoms with Gasteiger partial charge in [0.15, 0.2) is 0 Å². The van der Waals surface area contributed by atoms with Crippen molar-refractivity contribution < 1.29 is 22.7 Å². The van der Waals surface area contributed by atoms with Gasteiger partial charge in [-0.3, -0.25) is 9.05 Å². The molecule has 0 aliphatic heterocycles. The third-order valence-electron chi connectivity index (χ3n) is 4.77. The van der Waals surface area contributed by atoms with Crippen molar-refractivity contribution in [3.8, 4) is 0 Å². The lowest BCUT2D eigenvalue weighted by atomic mass is 10.1. The van der Waals surface area contributed by atoms with E-state index in [9.17, 15) is 4.57 Å². The smallest absolute Gasteiger partial charge is 0.329 e. The quantitative estimate of drug-likeness (QED) is 0.0911. The number of quaternary nitrogens is 1. The van der Waals surface area contributed by atoms with Crippen molar-refractivity contribution in [2.45, 2.75) is 97.3 Å². The molecule has 6 nitrogen and oxygen atoms in total. The first-order valence-corrected chi connectivity index (χ1v) is 13.4. The number of likely N-dealkylation sites (N-methyl/N-ethyl adjacent to an activating group) is 1. The molecule has 29 heavy (non-hydrogen) atoms. The molecule has 0 radical (unpaired) electrons. The van der Waals surface area contributed by atoms with Crippen molar-refractivity contribution in [1.29, 1.82) is 0 Å². The summed E-state index contributed by atoms with van der Waals surface area (Å²) in [6, 6.07) is 0. The Bertz CT molecular complexity index is 403. The van der Waals surface area contributed by atoms with Crippen molar-refractivity contribution in [3.05, 3.63) is 0 Å². The molecule has 0 rings (SSSR count). The standard InChI is InChI=1S/C22H50N2O4P/c1-6-8-9-10-11-12-13-14-15-16-17-18-19-23-28-29(25,26-21-7-2)27-22-20-24(3,4)5/h23H,6-22H2,1-5H3/q+1. The highest BCUT2D eigenvalue weighted by molar-refractivity contribution is 7.48. The number of unbranched alkanes of at least 4 members (excludes halogenated alkanes) is 11. The third-order valence-corrected chi connectivity index (χ3v) is 6.12. The van der Waals surface area contributed by atoms with Crippen LogP contribution < -0.4 is 5.48 Å². The van der Waals surface area contributed by atoms with Gasteiger partial charge >= 0.3 is 7.82 Å². The third kappa shape index (κ3) is 21.1. The lowest BCUT2D eigenvalue weighted by molar-refractivity contribution is -0.870. The van der Waals surface area contributed by atoms with Crippen molar-refractivity contribution in [3.63, 3.8) is 0 Å². The summed E-state index contributed by atoms with van der Waals surface area (Å²) in [5.41, 5.74) is 2.80. The second kappa shape index (κ2) is 18.8. The fourth-order valence-electron chi connectivity index (χ4n) is 2.88. The molecule has 0 bridgehead atoms. The van der Waals surface area contributed by atoms with Gasteiger partial charge < -0.3 is 4.48 Å². The maximum atomic E-state index is 12.6. The normalized spacial score (nSPS) is 14.2. The van der Waals surface area contributed by atoms with Crippen LogP contribution in [-0.2, 0) is 18.2 Å². The Morgan fingerprint density at radius 1 is 0.690 bits per heavy atom. The largest absolute Gasteiger partial charge is 0.491 e. The summed E-state index contributed by atoms with van der Waals surface area (Å²) in [6.07, 6.45) is 16.5. The molecule has 0 amide bonds. The summed E-state index contributed by atoms with van der Waals surface area (Å²) in [5.74, 6) is 0. The number of nitrogens with one attached hydrogen (secondary N) is 1. The lowest BCUT2D eigenvalue weighted by Gasteiger charge is -2.25. The van der Waals surface area contributed by atoms with Crippen LogP contribution in [-0.4, -0.2) is 51.9 Å². The molecule has 0 aliphatic rings. The minimum absolute atomic E-state index is 0.338. The molecule has 0 saturated carbocycles. The minimum atomic E-state index is -3.53. The first-order valence-electron chi connectivity index (χ1n) is 11.9. The van der Waals surface area contributed by atoms with Gasteiger partial charge in [0.1, 0.15) is 13.2 Å². The van der Waals surface area contributed by atoms with Crippen LogP contribution in [0.25, 0.3) is 0 Å². The SMILES string of the molecule is CCCCCCCCCCCCCCNOP(=O)(OCCC)OCC[N+](C)(C)C. The monoisotopic (exact) mass is 437 g/mol. The second-order valence-corrected chi connectivity index (χ2v) is 10.6. The molecule has 0 fully saturated rings. The molecule has 1 unspecified atom stereocenters. The average molecular weight is 438 g/mol. The molecule has 0 aromatic carbocycles. The molecule has 176 valence electrons. The summed E-state index contributed by atoms with van der Waals surface area (Å²) in [4.78, 5) is 0. The Labute approximate surface area is 181 Å². The van der Waals surface area contributed by atoms with Crippen LogP contribution in [0.5, 0.6) is 0 Å². The van der Waals surface area contributed by atoms with Crippen molar-refractivity contribution in [1.82, 2.24) is 5.48 Å². The van der Waals surface area contributed by atoms with Crippen LogP contribution in [0.2, 0.25) is 0 Å². The highest BCUT2D eigenvalue weighted by Gasteiger charge is 2.27. The number of phosphoric ester groups is 1. The summed E-state index contributed by atoms with van der Waals surface area (Å²) >= 11 is 0. The van der Waals surface area contributed by atoms with Crippen molar-refractivity contribution >= 4 is 7.82 Å². The van der Waals surface area contributed by atoms with Crippen LogP contribution in [0.4, 0.5) is 0 Å². The minimum Gasteiger partial charge on any atom is -0.329 e. The van der Waals surface area contributed by atoms with E-state index in [1.165, 1.54) is 64.2 Å². The van der Waals surface area contributed by atoms with Crippen molar-refractivity contribution in [2.75, 3.05) is 47.4 Å². The van der Waals surface area contributed by atoms with Gasteiger partial charge in [0.25, 0.3) is 0 Å². The summed E-state index contributed by atoms with van der Waals surface area (Å²) in [5, 5.41) is 0. The maximum Gasteiger partial charge on any atom is 0.491 e. The predicted octanol–water partition coefficient (Wildman–Crippen LogP) is 6.47. The van der Waals surface area contributed by atoms with Gasteiger partial charge in [0.05, 0.1) is 27.7 Å². The van der Waals surface area contributed by atoms with Gasteiger partial charge in [0.2, 0.25) is 0 Å². The van der Waals surface area contributed by atoms with Crippen LogP contribution >= 0.6 is 7.82 Å². The molecule has 1 atom stereocenters. The van der Waals surface area contributed by atoms with Crippen LogP contribution in [0.15, 0.2) is 0 Å². The molecule has 1 N–H and O–H groups in total. The van der Waals surface area contributed by atoms with Gasteiger partial charge in [-0.15, -0.1) is 0 Å². The molecular formula is C22H50N2O4P+. The number of hydroxylamine groups is 1. The van der Waals surface area contributed by atoms with Gasteiger partial charge in [-0.2, -0.15) is 10.1 Å². The predicted molar refractivity (Wildman–Crippen MR) is 123 cm³/mol. The van der Waals surface area contributed by atoms with E-state index >= 15 is 0 Å². The van der Waals surface area contributed by atoms with E-state index in [-0.39, 0.29) is 0 Å². The van der Waals surface area contributed by atoms with E-state index in [0.29, 0.717) is 19.8 Å². The van der Waals surface area contributed by atoms with Crippen molar-refractivity contribution in [2.24, 2.45) is 0 Å². The van der Waals surface area contributed by atoms with Gasteiger partial charge in [-0.25, -0.2) is 4.57 Å². The molecule has 0 saturated heterocycles. The first-order chi connectivity index (χ1) is 13.8. The van der Waals surface area contributed by atoms with E-state index in [1.807, 2.05) is 6.92 Å². The molecule has 0 aromatic heterocycles. The number of nitrogens with zero attached hydrogens (tertiary/aromatic N) is 1. The Balaban J connectivity index is 3.68. The Morgan fingerprint density at radius 3 is 1.66 bits per heavy atom. The van der Waals surface area contributed by atoms with E-state index in [0.717, 1.165) is 30.3 Å². The Morgan fingerprint density at radius 2 is 1.17 bits per heavy atom. The lowest BCUT2D eigenvalue weighted by Crippen LogP contribution is -2.37. The van der Waals surface area contributed by atoms with E-state index < -0.39 is 7.82 Å². The van der Waals surface area contributed by atoms with E-state index in [4.69, 9.17) is 13.7 Å². The van der Waals surface area contributed by atoms with Gasteiger partial charge in [0, 0.05) is 6.54 Å². The Kier molecular flexibility index (Phi) is 18.8. The molecule has 0 heterocycles.